The summed E-state index contributed by atoms with van der Waals surface area (Å²) in [6.45, 7) is 6.50. The molecule has 1 aromatic heterocycles. The van der Waals surface area contributed by atoms with Crippen LogP contribution in [0.5, 0.6) is 0 Å². The molecule has 1 fully saturated rings. The molecule has 90 valence electrons. The summed E-state index contributed by atoms with van der Waals surface area (Å²) in [4.78, 5) is 2.49. The highest BCUT2D eigenvalue weighted by atomic mass is 15.3. The van der Waals surface area contributed by atoms with Crippen molar-refractivity contribution in [1.29, 1.82) is 0 Å². The fraction of sp³-hybridized carbons (Fsp3) is 0.750. The van der Waals surface area contributed by atoms with Crippen molar-refractivity contribution in [1.82, 2.24) is 14.7 Å². The third kappa shape index (κ3) is 1.99. The molecule has 2 unspecified atom stereocenters. The van der Waals surface area contributed by atoms with Crippen molar-refractivity contribution in [2.24, 2.45) is 12.8 Å². The predicted octanol–water partition coefficient (Wildman–Crippen LogP) is 1.21. The van der Waals surface area contributed by atoms with Crippen LogP contribution in [-0.4, -0.2) is 33.8 Å². The fourth-order valence-electron chi connectivity index (χ4n) is 2.73. The summed E-state index contributed by atoms with van der Waals surface area (Å²) >= 11 is 0. The second-order valence-electron chi connectivity index (χ2n) is 4.77. The summed E-state index contributed by atoms with van der Waals surface area (Å²) in [7, 11) is 2.01. The number of aryl methyl sites for hydroxylation is 2. The zero-order valence-corrected chi connectivity index (χ0v) is 10.5. The Morgan fingerprint density at radius 3 is 2.88 bits per heavy atom. The molecule has 0 saturated carbocycles. The van der Waals surface area contributed by atoms with Crippen molar-refractivity contribution >= 4 is 0 Å². The molecule has 1 aromatic rings. The largest absolute Gasteiger partial charge is 0.326 e. The topological polar surface area (TPSA) is 47.1 Å². The Kier molecular flexibility index (Phi) is 3.30. The van der Waals surface area contributed by atoms with Crippen molar-refractivity contribution in [3.05, 3.63) is 17.5 Å². The second-order valence-corrected chi connectivity index (χ2v) is 4.77. The van der Waals surface area contributed by atoms with Gasteiger partial charge in [-0.15, -0.1) is 0 Å². The molecule has 0 aromatic carbocycles. The average molecular weight is 222 g/mol. The van der Waals surface area contributed by atoms with E-state index in [1.807, 2.05) is 18.7 Å². The standard InChI is InChI=1S/C12H22N4/c1-4-6-16-7-5-10(13)12(16)11-8-9(2)14-15(11)3/h8,10,12H,4-7,13H2,1-3H3. The lowest BCUT2D eigenvalue weighted by molar-refractivity contribution is 0.239. The first-order valence-electron chi connectivity index (χ1n) is 6.13. The van der Waals surface area contributed by atoms with Crippen molar-refractivity contribution in [3.8, 4) is 0 Å². The van der Waals surface area contributed by atoms with Gasteiger partial charge in [-0.05, 0) is 32.4 Å². The summed E-state index contributed by atoms with van der Waals surface area (Å²) in [5.74, 6) is 0. The van der Waals surface area contributed by atoms with E-state index in [9.17, 15) is 0 Å². The minimum Gasteiger partial charge on any atom is -0.326 e. The van der Waals surface area contributed by atoms with E-state index in [1.165, 1.54) is 12.1 Å². The van der Waals surface area contributed by atoms with E-state index in [1.54, 1.807) is 0 Å². The van der Waals surface area contributed by atoms with E-state index in [0.717, 1.165) is 25.2 Å². The number of aromatic nitrogens is 2. The van der Waals surface area contributed by atoms with Gasteiger partial charge >= 0.3 is 0 Å². The van der Waals surface area contributed by atoms with Gasteiger partial charge in [0.05, 0.1) is 17.4 Å². The van der Waals surface area contributed by atoms with Gasteiger partial charge in [-0.1, -0.05) is 6.92 Å². The van der Waals surface area contributed by atoms with Crippen LogP contribution < -0.4 is 5.73 Å². The number of hydrogen-bond acceptors (Lipinski definition) is 3. The van der Waals surface area contributed by atoms with Gasteiger partial charge in [-0.2, -0.15) is 5.10 Å². The first kappa shape index (κ1) is 11.6. The number of nitrogens with zero attached hydrogens (tertiary/aromatic N) is 3. The lowest BCUT2D eigenvalue weighted by atomic mass is 10.1. The third-order valence-electron chi connectivity index (χ3n) is 3.40. The van der Waals surface area contributed by atoms with Crippen LogP contribution in [0.15, 0.2) is 6.07 Å². The second kappa shape index (κ2) is 4.55. The van der Waals surface area contributed by atoms with E-state index >= 15 is 0 Å². The van der Waals surface area contributed by atoms with Crippen LogP contribution in [0.25, 0.3) is 0 Å². The molecule has 4 heteroatoms. The van der Waals surface area contributed by atoms with E-state index in [4.69, 9.17) is 5.73 Å². The molecule has 0 spiro atoms. The smallest absolute Gasteiger partial charge is 0.0671 e. The highest BCUT2D eigenvalue weighted by molar-refractivity contribution is 5.17. The molecule has 1 saturated heterocycles. The highest BCUT2D eigenvalue weighted by Crippen LogP contribution is 2.31. The monoisotopic (exact) mass is 222 g/mol. The maximum Gasteiger partial charge on any atom is 0.0671 e. The average Bonchev–Trinajstić information content (AvgIpc) is 2.71. The van der Waals surface area contributed by atoms with Gasteiger partial charge in [0.25, 0.3) is 0 Å². The first-order valence-corrected chi connectivity index (χ1v) is 6.13. The SMILES string of the molecule is CCCN1CCC(N)C1c1cc(C)nn1C. The van der Waals surface area contributed by atoms with Crippen LogP contribution >= 0.6 is 0 Å². The van der Waals surface area contributed by atoms with Crippen LogP contribution in [0.3, 0.4) is 0 Å². The number of rotatable bonds is 3. The van der Waals surface area contributed by atoms with Crippen LogP contribution in [0, 0.1) is 6.92 Å². The van der Waals surface area contributed by atoms with Gasteiger partial charge < -0.3 is 5.73 Å². The summed E-state index contributed by atoms with van der Waals surface area (Å²) in [5.41, 5.74) is 8.56. The number of nitrogens with two attached hydrogens (primary N) is 1. The molecule has 0 aliphatic carbocycles. The Balaban J connectivity index is 2.26. The van der Waals surface area contributed by atoms with Gasteiger partial charge in [-0.25, -0.2) is 0 Å². The summed E-state index contributed by atoms with van der Waals surface area (Å²) in [5, 5.41) is 4.42. The Morgan fingerprint density at radius 2 is 2.31 bits per heavy atom. The van der Waals surface area contributed by atoms with Crippen molar-refractivity contribution < 1.29 is 0 Å². The van der Waals surface area contributed by atoms with Crippen LogP contribution in [0.1, 0.15) is 37.2 Å². The molecule has 16 heavy (non-hydrogen) atoms. The van der Waals surface area contributed by atoms with Crippen molar-refractivity contribution in [2.45, 2.75) is 38.8 Å². The Morgan fingerprint density at radius 1 is 1.56 bits per heavy atom. The zero-order chi connectivity index (χ0) is 11.7. The Labute approximate surface area is 97.4 Å². The zero-order valence-electron chi connectivity index (χ0n) is 10.5. The quantitative estimate of drug-likeness (QED) is 0.836. The van der Waals surface area contributed by atoms with Gasteiger partial charge in [0.1, 0.15) is 0 Å². The number of likely N-dealkylation sites (tertiary alicyclic amines) is 1. The van der Waals surface area contributed by atoms with E-state index in [-0.39, 0.29) is 6.04 Å². The molecule has 1 aliphatic rings. The maximum absolute atomic E-state index is 6.23. The minimum atomic E-state index is 0.251. The molecule has 0 bridgehead atoms. The van der Waals surface area contributed by atoms with Gasteiger partial charge in [0, 0.05) is 19.6 Å². The van der Waals surface area contributed by atoms with Crippen molar-refractivity contribution in [3.63, 3.8) is 0 Å². The Hall–Kier alpha value is -0.870. The molecule has 2 heterocycles. The summed E-state index contributed by atoms with van der Waals surface area (Å²) in [6, 6.07) is 2.77. The third-order valence-corrected chi connectivity index (χ3v) is 3.40. The molecule has 2 atom stereocenters. The maximum atomic E-state index is 6.23. The highest BCUT2D eigenvalue weighted by Gasteiger charge is 2.34. The van der Waals surface area contributed by atoms with Crippen LogP contribution in [0.4, 0.5) is 0 Å². The lowest BCUT2D eigenvalue weighted by Gasteiger charge is -2.26. The Bertz CT molecular complexity index is 356. The van der Waals surface area contributed by atoms with Gasteiger partial charge in [-0.3, -0.25) is 9.58 Å². The minimum absolute atomic E-state index is 0.251. The molecular weight excluding hydrogens is 200 g/mol. The summed E-state index contributed by atoms with van der Waals surface area (Å²) in [6.07, 6.45) is 2.27. The molecule has 2 N–H and O–H groups in total. The molecule has 1 aliphatic heterocycles. The molecular formula is C12H22N4. The molecule has 2 rings (SSSR count). The van der Waals surface area contributed by atoms with E-state index in [0.29, 0.717) is 6.04 Å². The van der Waals surface area contributed by atoms with Gasteiger partial charge in [0.15, 0.2) is 0 Å². The molecule has 4 nitrogen and oxygen atoms in total. The first-order chi connectivity index (χ1) is 7.63. The van der Waals surface area contributed by atoms with E-state index < -0.39 is 0 Å². The van der Waals surface area contributed by atoms with Crippen LogP contribution in [-0.2, 0) is 7.05 Å². The molecule has 0 radical (unpaired) electrons. The molecule has 0 amide bonds. The fourth-order valence-corrected chi connectivity index (χ4v) is 2.73. The lowest BCUT2D eigenvalue weighted by Crippen LogP contribution is -2.33. The normalized spacial score (nSPS) is 26.5. The van der Waals surface area contributed by atoms with Crippen LogP contribution in [0.2, 0.25) is 0 Å². The predicted molar refractivity (Wildman–Crippen MR) is 65.1 cm³/mol. The van der Waals surface area contributed by atoms with Gasteiger partial charge in [0.2, 0.25) is 0 Å². The van der Waals surface area contributed by atoms with Crippen molar-refractivity contribution in [2.75, 3.05) is 13.1 Å². The van der Waals surface area contributed by atoms with E-state index in [2.05, 4.69) is 23.0 Å². The summed E-state index contributed by atoms with van der Waals surface area (Å²) < 4.78 is 1.98. The number of hydrogen-bond donors (Lipinski definition) is 1.